The summed E-state index contributed by atoms with van der Waals surface area (Å²) < 4.78 is 5.44. The Hall–Kier alpha value is -1.02. The van der Waals surface area contributed by atoms with Crippen molar-refractivity contribution in [1.82, 2.24) is 4.90 Å². The third kappa shape index (κ3) is 4.04. The molecule has 0 aliphatic rings. The summed E-state index contributed by atoms with van der Waals surface area (Å²) in [4.78, 5) is 2.21. The molecule has 0 fully saturated rings. The average molecular weight is 235 g/mol. The lowest BCUT2D eigenvalue weighted by atomic mass is 9.85. The number of nitrogens with zero attached hydrogens (tertiary/aromatic N) is 1. The first-order chi connectivity index (χ1) is 7.84. The van der Waals surface area contributed by atoms with Gasteiger partial charge in [-0.25, -0.2) is 0 Å². The predicted octanol–water partition coefficient (Wildman–Crippen LogP) is 3.10. The molecule has 96 valence electrons. The number of hydrogen-bond acceptors (Lipinski definition) is 2. The number of likely N-dealkylation sites (N-methyl/N-ethyl adjacent to an activating group) is 1. The Bertz CT molecular complexity index is 364. The Morgan fingerprint density at radius 3 is 2.29 bits per heavy atom. The van der Waals surface area contributed by atoms with E-state index in [-0.39, 0.29) is 5.41 Å². The maximum atomic E-state index is 5.44. The molecule has 0 aromatic heterocycles. The van der Waals surface area contributed by atoms with Gasteiger partial charge in [-0.15, -0.1) is 0 Å². The fraction of sp³-hybridized carbons (Fsp3) is 0.600. The van der Waals surface area contributed by atoms with E-state index in [2.05, 4.69) is 58.0 Å². The quantitative estimate of drug-likeness (QED) is 0.795. The lowest BCUT2D eigenvalue weighted by Gasteiger charge is -2.23. The Balaban J connectivity index is 2.97. The Kier molecular flexibility index (Phi) is 4.58. The van der Waals surface area contributed by atoms with Crippen molar-refractivity contribution in [3.63, 3.8) is 0 Å². The van der Waals surface area contributed by atoms with Crippen LogP contribution in [0.3, 0.4) is 0 Å². The zero-order chi connectivity index (χ0) is 13.1. The molecule has 0 amide bonds. The van der Waals surface area contributed by atoms with Gasteiger partial charge in [-0.3, -0.25) is 0 Å². The number of ether oxygens (including phenoxy) is 1. The highest BCUT2D eigenvalue weighted by molar-refractivity contribution is 5.41. The highest BCUT2D eigenvalue weighted by Crippen LogP contribution is 2.32. The first-order valence-electron chi connectivity index (χ1n) is 6.16. The molecule has 0 aliphatic carbocycles. The molecule has 17 heavy (non-hydrogen) atoms. The second-order valence-corrected chi connectivity index (χ2v) is 5.84. The second kappa shape index (κ2) is 5.54. The minimum atomic E-state index is 0.124. The van der Waals surface area contributed by atoms with Crippen LogP contribution in [0.5, 0.6) is 5.75 Å². The van der Waals surface area contributed by atoms with E-state index in [0.29, 0.717) is 0 Å². The van der Waals surface area contributed by atoms with Crippen molar-refractivity contribution >= 4 is 0 Å². The maximum absolute atomic E-state index is 5.44. The van der Waals surface area contributed by atoms with Gasteiger partial charge in [-0.2, -0.15) is 0 Å². The second-order valence-electron chi connectivity index (χ2n) is 5.84. The topological polar surface area (TPSA) is 12.5 Å². The minimum absolute atomic E-state index is 0.124. The van der Waals surface area contributed by atoms with Gasteiger partial charge in [-0.05, 0) is 43.1 Å². The fourth-order valence-corrected chi connectivity index (χ4v) is 1.85. The van der Waals surface area contributed by atoms with Gasteiger partial charge < -0.3 is 9.64 Å². The van der Waals surface area contributed by atoms with Crippen molar-refractivity contribution in [1.29, 1.82) is 0 Å². The van der Waals surface area contributed by atoms with Gasteiger partial charge in [0.2, 0.25) is 0 Å². The summed E-state index contributed by atoms with van der Waals surface area (Å²) in [5, 5.41) is 0. The summed E-state index contributed by atoms with van der Waals surface area (Å²) >= 11 is 0. The van der Waals surface area contributed by atoms with Crippen LogP contribution in [-0.2, 0) is 11.8 Å². The monoisotopic (exact) mass is 235 g/mol. The van der Waals surface area contributed by atoms with E-state index >= 15 is 0 Å². The molecule has 1 aromatic rings. The molecule has 0 aliphatic heterocycles. The molecule has 0 radical (unpaired) electrons. The molecule has 0 unspecified atom stereocenters. The number of rotatable bonds is 4. The van der Waals surface area contributed by atoms with Crippen LogP contribution in [0.25, 0.3) is 0 Å². The first-order valence-corrected chi connectivity index (χ1v) is 6.16. The van der Waals surface area contributed by atoms with Gasteiger partial charge in [0.05, 0.1) is 7.11 Å². The largest absolute Gasteiger partial charge is 0.496 e. The molecule has 2 nitrogen and oxygen atoms in total. The molecule has 2 heteroatoms. The van der Waals surface area contributed by atoms with Crippen molar-refractivity contribution < 1.29 is 4.74 Å². The van der Waals surface area contributed by atoms with E-state index in [1.54, 1.807) is 7.11 Å². The van der Waals surface area contributed by atoms with Crippen molar-refractivity contribution in [2.75, 3.05) is 27.7 Å². The lowest BCUT2D eigenvalue weighted by molar-refractivity contribution is 0.396. The van der Waals surface area contributed by atoms with Crippen LogP contribution < -0.4 is 4.74 Å². The fourth-order valence-electron chi connectivity index (χ4n) is 1.85. The molecule has 0 spiro atoms. The van der Waals surface area contributed by atoms with Crippen molar-refractivity contribution in [3.05, 3.63) is 29.3 Å². The van der Waals surface area contributed by atoms with Crippen LogP contribution in [0.4, 0.5) is 0 Å². The van der Waals surface area contributed by atoms with Gasteiger partial charge in [-0.1, -0.05) is 32.9 Å². The Labute approximate surface area is 106 Å². The molecule has 1 aromatic carbocycles. The molecule has 0 saturated carbocycles. The Morgan fingerprint density at radius 1 is 1.18 bits per heavy atom. The summed E-state index contributed by atoms with van der Waals surface area (Å²) in [7, 11) is 5.95. The molecule has 0 saturated heterocycles. The lowest BCUT2D eigenvalue weighted by Crippen LogP contribution is -2.16. The average Bonchev–Trinajstić information content (AvgIpc) is 2.24. The smallest absolute Gasteiger partial charge is 0.122 e. The summed E-state index contributed by atoms with van der Waals surface area (Å²) in [5.74, 6) is 0.992. The number of methoxy groups -OCH3 is 1. The standard InChI is InChI=1S/C15H25NO/c1-15(2,3)13-11-12(9-10-16(4)5)7-8-14(13)17-6/h7-8,11H,9-10H2,1-6H3. The van der Waals surface area contributed by atoms with E-state index in [1.165, 1.54) is 11.1 Å². The molecule has 0 N–H and O–H groups in total. The predicted molar refractivity (Wildman–Crippen MR) is 74.0 cm³/mol. The molecule has 0 atom stereocenters. The van der Waals surface area contributed by atoms with E-state index in [4.69, 9.17) is 4.74 Å². The van der Waals surface area contributed by atoms with Crippen LogP contribution in [0.1, 0.15) is 31.9 Å². The van der Waals surface area contributed by atoms with Crippen molar-refractivity contribution in [2.24, 2.45) is 0 Å². The number of benzene rings is 1. The summed E-state index contributed by atoms with van der Waals surface area (Å²) in [6, 6.07) is 6.53. The normalized spacial score (nSPS) is 11.9. The van der Waals surface area contributed by atoms with Crippen LogP contribution in [0.15, 0.2) is 18.2 Å². The molecular formula is C15H25NO. The molecule has 1 rings (SSSR count). The summed E-state index contributed by atoms with van der Waals surface area (Å²) in [5.41, 5.74) is 2.79. The summed E-state index contributed by atoms with van der Waals surface area (Å²) in [6.07, 6.45) is 1.08. The van der Waals surface area contributed by atoms with E-state index in [1.807, 2.05) is 0 Å². The van der Waals surface area contributed by atoms with Crippen LogP contribution in [0.2, 0.25) is 0 Å². The molecular weight excluding hydrogens is 210 g/mol. The molecule has 0 bridgehead atoms. The van der Waals surface area contributed by atoms with Gasteiger partial charge in [0, 0.05) is 6.54 Å². The van der Waals surface area contributed by atoms with E-state index < -0.39 is 0 Å². The highest BCUT2D eigenvalue weighted by Gasteiger charge is 2.19. The Morgan fingerprint density at radius 2 is 1.82 bits per heavy atom. The summed E-state index contributed by atoms with van der Waals surface area (Å²) in [6.45, 7) is 7.75. The van der Waals surface area contributed by atoms with Gasteiger partial charge in [0.15, 0.2) is 0 Å². The van der Waals surface area contributed by atoms with Gasteiger partial charge in [0.1, 0.15) is 5.75 Å². The minimum Gasteiger partial charge on any atom is -0.496 e. The number of hydrogen-bond donors (Lipinski definition) is 0. The van der Waals surface area contributed by atoms with Gasteiger partial charge in [0.25, 0.3) is 0 Å². The van der Waals surface area contributed by atoms with Crippen LogP contribution >= 0.6 is 0 Å². The zero-order valence-electron chi connectivity index (χ0n) is 12.0. The van der Waals surface area contributed by atoms with E-state index in [0.717, 1.165) is 18.7 Å². The van der Waals surface area contributed by atoms with Crippen molar-refractivity contribution in [2.45, 2.75) is 32.6 Å². The first kappa shape index (κ1) is 14.0. The van der Waals surface area contributed by atoms with E-state index in [9.17, 15) is 0 Å². The third-order valence-electron chi connectivity index (χ3n) is 2.92. The van der Waals surface area contributed by atoms with Crippen LogP contribution in [-0.4, -0.2) is 32.6 Å². The molecule has 0 heterocycles. The van der Waals surface area contributed by atoms with Gasteiger partial charge >= 0.3 is 0 Å². The zero-order valence-corrected chi connectivity index (χ0v) is 12.0. The third-order valence-corrected chi connectivity index (χ3v) is 2.92. The highest BCUT2D eigenvalue weighted by atomic mass is 16.5. The van der Waals surface area contributed by atoms with Crippen molar-refractivity contribution in [3.8, 4) is 5.75 Å². The van der Waals surface area contributed by atoms with Crippen LogP contribution in [0, 0.1) is 0 Å². The SMILES string of the molecule is COc1ccc(CCN(C)C)cc1C(C)(C)C. The maximum Gasteiger partial charge on any atom is 0.122 e.